The first-order valence-corrected chi connectivity index (χ1v) is 7.72. The normalized spacial score (nSPS) is 14.3. The number of hydrogen-bond acceptors (Lipinski definition) is 2. The second kappa shape index (κ2) is 7.44. The van der Waals surface area contributed by atoms with E-state index in [2.05, 4.69) is 31.2 Å². The number of amides is 1. The summed E-state index contributed by atoms with van der Waals surface area (Å²) < 4.78 is 0. The van der Waals surface area contributed by atoms with Gasteiger partial charge in [-0.15, -0.1) is 0 Å². The topological polar surface area (TPSA) is 40.5 Å². The van der Waals surface area contributed by atoms with Gasteiger partial charge in [0, 0.05) is 25.6 Å². The summed E-state index contributed by atoms with van der Waals surface area (Å²) in [5, 5.41) is 8.80. The van der Waals surface area contributed by atoms with E-state index in [1.807, 2.05) is 4.90 Å². The van der Waals surface area contributed by atoms with Crippen LogP contribution < -0.4 is 0 Å². The smallest absolute Gasteiger partial charge is 0.223 e. The molecule has 0 bridgehead atoms. The second-order valence-corrected chi connectivity index (χ2v) is 5.60. The first kappa shape index (κ1) is 15.0. The van der Waals surface area contributed by atoms with E-state index in [1.165, 1.54) is 11.1 Å². The average Bonchev–Trinajstić information content (AvgIpc) is 3.30. The van der Waals surface area contributed by atoms with Gasteiger partial charge in [-0.1, -0.05) is 31.2 Å². The Morgan fingerprint density at radius 1 is 1.20 bits per heavy atom. The highest BCUT2D eigenvalue weighted by Gasteiger charge is 2.31. The molecule has 1 aliphatic carbocycles. The highest BCUT2D eigenvalue weighted by atomic mass is 16.3. The maximum Gasteiger partial charge on any atom is 0.223 e. The standard InChI is InChI=1S/C17H25NO2/c1-2-14-6-8-15(9-7-14)13-18(16-10-11-16)17(20)5-3-4-12-19/h6-9,16,19H,2-5,10-13H2,1H3. The zero-order valence-corrected chi connectivity index (χ0v) is 12.3. The summed E-state index contributed by atoms with van der Waals surface area (Å²) in [5.41, 5.74) is 2.55. The molecule has 0 unspecified atom stereocenters. The average molecular weight is 275 g/mol. The van der Waals surface area contributed by atoms with Gasteiger partial charge < -0.3 is 10.0 Å². The Morgan fingerprint density at radius 3 is 2.40 bits per heavy atom. The number of hydrogen-bond donors (Lipinski definition) is 1. The summed E-state index contributed by atoms with van der Waals surface area (Å²) in [6, 6.07) is 9.01. The van der Waals surface area contributed by atoms with Crippen molar-refractivity contribution in [2.45, 2.75) is 58.0 Å². The van der Waals surface area contributed by atoms with Gasteiger partial charge in [-0.3, -0.25) is 4.79 Å². The zero-order chi connectivity index (χ0) is 14.4. The highest BCUT2D eigenvalue weighted by molar-refractivity contribution is 5.76. The van der Waals surface area contributed by atoms with Crippen LogP contribution in [0.3, 0.4) is 0 Å². The van der Waals surface area contributed by atoms with Crippen molar-refractivity contribution in [2.24, 2.45) is 0 Å². The quantitative estimate of drug-likeness (QED) is 0.741. The molecule has 0 atom stereocenters. The molecule has 1 N–H and O–H groups in total. The predicted octanol–water partition coefficient (Wildman–Crippen LogP) is 2.90. The van der Waals surface area contributed by atoms with Gasteiger partial charge in [-0.25, -0.2) is 0 Å². The molecule has 1 saturated carbocycles. The minimum atomic E-state index is 0.176. The summed E-state index contributed by atoms with van der Waals surface area (Å²) in [4.78, 5) is 14.3. The first-order valence-electron chi connectivity index (χ1n) is 7.72. The molecule has 20 heavy (non-hydrogen) atoms. The molecular weight excluding hydrogens is 250 g/mol. The number of carbonyl (C=O) groups is 1. The fraction of sp³-hybridized carbons (Fsp3) is 0.588. The van der Waals surface area contributed by atoms with Crippen LogP contribution >= 0.6 is 0 Å². The molecule has 3 heteroatoms. The lowest BCUT2D eigenvalue weighted by Crippen LogP contribution is -2.32. The number of aliphatic hydroxyl groups is 1. The van der Waals surface area contributed by atoms with E-state index in [4.69, 9.17) is 5.11 Å². The van der Waals surface area contributed by atoms with Gasteiger partial charge >= 0.3 is 0 Å². The van der Waals surface area contributed by atoms with Crippen molar-refractivity contribution >= 4 is 5.91 Å². The van der Waals surface area contributed by atoms with Crippen LogP contribution in [0, 0.1) is 0 Å². The number of unbranched alkanes of at least 4 members (excludes halogenated alkanes) is 1. The van der Waals surface area contributed by atoms with Gasteiger partial charge in [-0.05, 0) is 43.2 Å². The van der Waals surface area contributed by atoms with Gasteiger partial charge in [0.2, 0.25) is 5.91 Å². The van der Waals surface area contributed by atoms with Crippen molar-refractivity contribution in [2.75, 3.05) is 6.61 Å². The molecule has 0 aliphatic heterocycles. The Morgan fingerprint density at radius 2 is 1.85 bits per heavy atom. The van der Waals surface area contributed by atoms with E-state index in [0.717, 1.165) is 38.6 Å². The van der Waals surface area contributed by atoms with Crippen LogP contribution in [-0.2, 0) is 17.8 Å². The third-order valence-corrected chi connectivity index (χ3v) is 3.89. The van der Waals surface area contributed by atoms with Gasteiger partial charge in [-0.2, -0.15) is 0 Å². The number of benzene rings is 1. The van der Waals surface area contributed by atoms with E-state index in [1.54, 1.807) is 0 Å². The van der Waals surface area contributed by atoms with E-state index in [0.29, 0.717) is 12.5 Å². The summed E-state index contributed by atoms with van der Waals surface area (Å²) >= 11 is 0. The van der Waals surface area contributed by atoms with E-state index >= 15 is 0 Å². The second-order valence-electron chi connectivity index (χ2n) is 5.60. The molecule has 0 saturated heterocycles. The molecule has 1 aromatic carbocycles. The molecule has 1 fully saturated rings. The van der Waals surface area contributed by atoms with Gasteiger partial charge in [0.25, 0.3) is 0 Å². The molecule has 0 radical (unpaired) electrons. The molecular formula is C17H25NO2. The van der Waals surface area contributed by atoms with Crippen LogP contribution in [0.1, 0.15) is 50.2 Å². The minimum Gasteiger partial charge on any atom is -0.396 e. The lowest BCUT2D eigenvalue weighted by Gasteiger charge is -2.22. The van der Waals surface area contributed by atoms with Crippen molar-refractivity contribution in [1.82, 2.24) is 4.90 Å². The van der Waals surface area contributed by atoms with E-state index in [9.17, 15) is 4.79 Å². The minimum absolute atomic E-state index is 0.176. The van der Waals surface area contributed by atoms with Crippen molar-refractivity contribution in [3.63, 3.8) is 0 Å². The van der Waals surface area contributed by atoms with Crippen molar-refractivity contribution in [3.05, 3.63) is 35.4 Å². The van der Waals surface area contributed by atoms with Crippen LogP contribution in [0.5, 0.6) is 0 Å². The van der Waals surface area contributed by atoms with Gasteiger partial charge in [0.05, 0.1) is 0 Å². The predicted molar refractivity (Wildman–Crippen MR) is 80.3 cm³/mol. The van der Waals surface area contributed by atoms with Crippen LogP contribution in [0.25, 0.3) is 0 Å². The summed E-state index contributed by atoms with van der Waals surface area (Å²) in [5.74, 6) is 0.237. The maximum atomic E-state index is 12.3. The van der Waals surface area contributed by atoms with Crippen molar-refractivity contribution < 1.29 is 9.90 Å². The fourth-order valence-corrected chi connectivity index (χ4v) is 2.42. The lowest BCUT2D eigenvalue weighted by molar-refractivity contribution is -0.132. The zero-order valence-electron chi connectivity index (χ0n) is 12.3. The van der Waals surface area contributed by atoms with Crippen molar-refractivity contribution in [3.8, 4) is 0 Å². The molecule has 0 spiro atoms. The fourth-order valence-electron chi connectivity index (χ4n) is 2.42. The largest absolute Gasteiger partial charge is 0.396 e. The monoisotopic (exact) mass is 275 g/mol. The van der Waals surface area contributed by atoms with Crippen LogP contribution in [-0.4, -0.2) is 28.6 Å². The van der Waals surface area contributed by atoms with Gasteiger partial charge in [0.15, 0.2) is 0 Å². The van der Waals surface area contributed by atoms with Crippen LogP contribution in [0.15, 0.2) is 24.3 Å². The number of aliphatic hydroxyl groups excluding tert-OH is 1. The Balaban J connectivity index is 1.92. The third kappa shape index (κ3) is 4.34. The van der Waals surface area contributed by atoms with Crippen LogP contribution in [0.4, 0.5) is 0 Å². The molecule has 0 aromatic heterocycles. The molecule has 2 rings (SSSR count). The summed E-state index contributed by atoms with van der Waals surface area (Å²) in [6.45, 7) is 3.05. The number of carbonyl (C=O) groups excluding carboxylic acids is 1. The van der Waals surface area contributed by atoms with E-state index in [-0.39, 0.29) is 12.5 Å². The molecule has 1 aliphatic rings. The van der Waals surface area contributed by atoms with Crippen LogP contribution in [0.2, 0.25) is 0 Å². The third-order valence-electron chi connectivity index (χ3n) is 3.89. The lowest BCUT2D eigenvalue weighted by atomic mass is 10.1. The van der Waals surface area contributed by atoms with E-state index < -0.39 is 0 Å². The molecule has 3 nitrogen and oxygen atoms in total. The maximum absolute atomic E-state index is 12.3. The summed E-state index contributed by atoms with van der Waals surface area (Å²) in [7, 11) is 0. The Bertz CT molecular complexity index is 423. The Hall–Kier alpha value is -1.35. The molecule has 110 valence electrons. The number of nitrogens with zero attached hydrogens (tertiary/aromatic N) is 1. The Kier molecular flexibility index (Phi) is 5.60. The number of rotatable bonds is 8. The molecule has 1 aromatic rings. The number of aryl methyl sites for hydroxylation is 1. The van der Waals surface area contributed by atoms with Crippen molar-refractivity contribution in [1.29, 1.82) is 0 Å². The Labute approximate surface area is 121 Å². The van der Waals surface area contributed by atoms with Gasteiger partial charge in [0.1, 0.15) is 0 Å². The first-order chi connectivity index (χ1) is 9.74. The SMILES string of the molecule is CCc1ccc(CN(C(=O)CCCCO)C2CC2)cc1. The summed E-state index contributed by atoms with van der Waals surface area (Å²) in [6.07, 6.45) is 5.39. The molecule has 1 amide bonds. The molecule has 0 heterocycles. The highest BCUT2D eigenvalue weighted by Crippen LogP contribution is 2.29.